The van der Waals surface area contributed by atoms with E-state index in [0.29, 0.717) is 16.6 Å². The lowest BCUT2D eigenvalue weighted by Crippen LogP contribution is -2.28. The first kappa shape index (κ1) is 18.8. The molecule has 0 bridgehead atoms. The maximum atomic E-state index is 14.5. The maximum Gasteiger partial charge on any atom is 0.252 e. The molecule has 3 nitrogen and oxygen atoms in total. The predicted octanol–water partition coefficient (Wildman–Crippen LogP) is 5.92. The van der Waals surface area contributed by atoms with E-state index >= 15 is 0 Å². The Balaban J connectivity index is 1.79. The highest BCUT2D eigenvalue weighted by Gasteiger charge is 2.19. The van der Waals surface area contributed by atoms with Gasteiger partial charge in [0.2, 0.25) is 0 Å². The zero-order valence-electron chi connectivity index (χ0n) is 16.1. The summed E-state index contributed by atoms with van der Waals surface area (Å²) >= 11 is 0. The topological polar surface area (TPSA) is 42.0 Å². The summed E-state index contributed by atoms with van der Waals surface area (Å²) in [4.78, 5) is 17.7. The van der Waals surface area contributed by atoms with Crippen molar-refractivity contribution in [2.24, 2.45) is 0 Å². The van der Waals surface area contributed by atoms with E-state index in [1.165, 1.54) is 6.07 Å². The number of pyridine rings is 1. The molecule has 4 aromatic rings. The van der Waals surface area contributed by atoms with Gasteiger partial charge in [-0.1, -0.05) is 79.7 Å². The number of aromatic nitrogens is 1. The van der Waals surface area contributed by atoms with Gasteiger partial charge in [0.05, 0.1) is 17.3 Å². The minimum atomic E-state index is -0.440. The maximum absolute atomic E-state index is 14.5. The molecule has 4 rings (SSSR count). The Morgan fingerprint density at radius 3 is 2.34 bits per heavy atom. The Kier molecular flexibility index (Phi) is 5.34. The van der Waals surface area contributed by atoms with Gasteiger partial charge in [-0.2, -0.15) is 0 Å². The Hall–Kier alpha value is -3.53. The summed E-state index contributed by atoms with van der Waals surface area (Å²) < 4.78 is 14.5. The molecule has 1 unspecified atom stereocenters. The molecule has 4 heteroatoms. The van der Waals surface area contributed by atoms with Crippen LogP contribution in [0.15, 0.2) is 84.9 Å². The van der Waals surface area contributed by atoms with E-state index in [2.05, 4.69) is 10.3 Å². The molecule has 1 atom stereocenters. The average molecular weight is 384 g/mol. The lowest BCUT2D eigenvalue weighted by molar-refractivity contribution is 0.0937. The number of hydrogen-bond acceptors (Lipinski definition) is 2. The average Bonchev–Trinajstić information content (AvgIpc) is 2.78. The van der Waals surface area contributed by atoms with Gasteiger partial charge in [0.25, 0.3) is 5.91 Å². The van der Waals surface area contributed by atoms with Gasteiger partial charge in [-0.25, -0.2) is 9.37 Å². The van der Waals surface area contributed by atoms with Crippen molar-refractivity contribution >= 4 is 16.8 Å². The lowest BCUT2D eigenvalue weighted by Gasteiger charge is -2.18. The summed E-state index contributed by atoms with van der Waals surface area (Å²) in [7, 11) is 0. The van der Waals surface area contributed by atoms with Crippen LogP contribution in [-0.2, 0) is 0 Å². The summed E-state index contributed by atoms with van der Waals surface area (Å²) in [5.74, 6) is -0.680. The standard InChI is InChI=1S/C25H21FN2O/c1-2-22(17-10-5-3-6-11-17)28-25(29)20-16-23(18-12-7-4-8-13-18)27-24-19(20)14-9-15-21(24)26/h3-16,22H,2H2,1H3,(H,28,29). The number of fused-ring (bicyclic) bond motifs is 1. The normalized spacial score (nSPS) is 11.9. The van der Waals surface area contributed by atoms with E-state index in [-0.39, 0.29) is 17.5 Å². The van der Waals surface area contributed by atoms with Crippen molar-refractivity contribution < 1.29 is 9.18 Å². The fourth-order valence-electron chi connectivity index (χ4n) is 3.50. The zero-order valence-corrected chi connectivity index (χ0v) is 16.1. The number of rotatable bonds is 5. The molecule has 0 fully saturated rings. The molecule has 0 spiro atoms. The number of halogens is 1. The van der Waals surface area contributed by atoms with Gasteiger partial charge >= 0.3 is 0 Å². The molecule has 1 N–H and O–H groups in total. The second-order valence-electron chi connectivity index (χ2n) is 6.90. The second-order valence-corrected chi connectivity index (χ2v) is 6.90. The van der Waals surface area contributed by atoms with Gasteiger partial charge in [-0.3, -0.25) is 4.79 Å². The summed E-state index contributed by atoms with van der Waals surface area (Å²) in [6, 6.07) is 25.7. The largest absolute Gasteiger partial charge is 0.345 e. The smallest absolute Gasteiger partial charge is 0.252 e. The van der Waals surface area contributed by atoms with Gasteiger partial charge in [0.1, 0.15) is 11.3 Å². The highest BCUT2D eigenvalue weighted by molar-refractivity contribution is 6.07. The molecule has 0 radical (unpaired) electrons. The van der Waals surface area contributed by atoms with Crippen molar-refractivity contribution in [2.75, 3.05) is 0 Å². The van der Waals surface area contributed by atoms with Crippen LogP contribution in [0.4, 0.5) is 4.39 Å². The number of hydrogen-bond donors (Lipinski definition) is 1. The number of nitrogens with zero attached hydrogens (tertiary/aromatic N) is 1. The molecule has 0 saturated carbocycles. The molecule has 1 heterocycles. The molecular formula is C25H21FN2O. The number of carbonyl (C=O) groups excluding carboxylic acids is 1. The third-order valence-corrected chi connectivity index (χ3v) is 5.02. The summed E-state index contributed by atoms with van der Waals surface area (Å²) in [5, 5.41) is 3.61. The van der Waals surface area contributed by atoms with Crippen molar-refractivity contribution in [3.63, 3.8) is 0 Å². The van der Waals surface area contributed by atoms with Crippen molar-refractivity contribution in [3.05, 3.63) is 102 Å². The number of amides is 1. The molecule has 144 valence electrons. The summed E-state index contributed by atoms with van der Waals surface area (Å²) in [6.45, 7) is 2.03. The van der Waals surface area contributed by atoms with Gasteiger partial charge in [0, 0.05) is 10.9 Å². The molecule has 29 heavy (non-hydrogen) atoms. The number of nitrogens with one attached hydrogen (secondary N) is 1. The molecule has 3 aromatic carbocycles. The van der Waals surface area contributed by atoms with E-state index in [1.54, 1.807) is 18.2 Å². The molecule has 0 aliphatic rings. The van der Waals surface area contributed by atoms with Crippen molar-refractivity contribution in [3.8, 4) is 11.3 Å². The summed E-state index contributed by atoms with van der Waals surface area (Å²) in [5.41, 5.74) is 3.06. The second kappa shape index (κ2) is 8.23. The van der Waals surface area contributed by atoms with Crippen LogP contribution >= 0.6 is 0 Å². The molecule has 0 saturated heterocycles. The van der Waals surface area contributed by atoms with E-state index in [4.69, 9.17) is 0 Å². The third kappa shape index (κ3) is 3.87. The van der Waals surface area contributed by atoms with E-state index in [0.717, 1.165) is 17.5 Å². The zero-order chi connectivity index (χ0) is 20.2. The number of carbonyl (C=O) groups is 1. The molecule has 0 aliphatic carbocycles. The van der Waals surface area contributed by atoms with Gasteiger partial charge < -0.3 is 5.32 Å². The Labute approximate surface area is 169 Å². The first-order valence-corrected chi connectivity index (χ1v) is 9.68. The van der Waals surface area contributed by atoms with E-state index < -0.39 is 5.82 Å². The SMILES string of the molecule is CCC(NC(=O)c1cc(-c2ccccc2)nc2c(F)cccc12)c1ccccc1. The van der Waals surface area contributed by atoms with Crippen LogP contribution in [0.3, 0.4) is 0 Å². The van der Waals surface area contributed by atoms with Crippen molar-refractivity contribution in [1.82, 2.24) is 10.3 Å². The van der Waals surface area contributed by atoms with Crippen LogP contribution in [0.1, 0.15) is 35.3 Å². The van der Waals surface area contributed by atoms with Crippen LogP contribution in [-0.4, -0.2) is 10.9 Å². The van der Waals surface area contributed by atoms with Crippen LogP contribution in [0.2, 0.25) is 0 Å². The van der Waals surface area contributed by atoms with Crippen molar-refractivity contribution in [1.29, 1.82) is 0 Å². The van der Waals surface area contributed by atoms with Crippen LogP contribution in [0.25, 0.3) is 22.2 Å². The molecular weight excluding hydrogens is 363 g/mol. The minimum absolute atomic E-state index is 0.124. The third-order valence-electron chi connectivity index (χ3n) is 5.02. The van der Waals surface area contributed by atoms with E-state index in [9.17, 15) is 9.18 Å². The Morgan fingerprint density at radius 1 is 0.966 bits per heavy atom. The highest BCUT2D eigenvalue weighted by atomic mass is 19.1. The lowest BCUT2D eigenvalue weighted by atomic mass is 10.0. The first-order chi connectivity index (χ1) is 14.2. The monoisotopic (exact) mass is 384 g/mol. The van der Waals surface area contributed by atoms with Crippen LogP contribution < -0.4 is 5.32 Å². The summed E-state index contributed by atoms with van der Waals surface area (Å²) in [6.07, 6.45) is 0.749. The number of benzene rings is 3. The quantitative estimate of drug-likeness (QED) is 0.464. The van der Waals surface area contributed by atoms with Gasteiger partial charge in [-0.15, -0.1) is 0 Å². The fraction of sp³-hybridized carbons (Fsp3) is 0.120. The Morgan fingerprint density at radius 2 is 1.66 bits per heavy atom. The minimum Gasteiger partial charge on any atom is -0.345 e. The fourth-order valence-corrected chi connectivity index (χ4v) is 3.50. The van der Waals surface area contributed by atoms with Crippen LogP contribution in [0, 0.1) is 5.82 Å². The first-order valence-electron chi connectivity index (χ1n) is 9.68. The van der Waals surface area contributed by atoms with E-state index in [1.807, 2.05) is 67.6 Å². The Bertz CT molecular complexity index is 1140. The van der Waals surface area contributed by atoms with Gasteiger partial charge in [-0.05, 0) is 24.1 Å². The molecule has 0 aliphatic heterocycles. The molecule has 1 amide bonds. The van der Waals surface area contributed by atoms with Crippen molar-refractivity contribution in [2.45, 2.75) is 19.4 Å². The number of para-hydroxylation sites is 1. The highest BCUT2D eigenvalue weighted by Crippen LogP contribution is 2.27. The predicted molar refractivity (Wildman–Crippen MR) is 114 cm³/mol. The van der Waals surface area contributed by atoms with Gasteiger partial charge in [0.15, 0.2) is 0 Å². The van der Waals surface area contributed by atoms with Crippen LogP contribution in [0.5, 0.6) is 0 Å². The molecule has 1 aromatic heterocycles.